The van der Waals surface area contributed by atoms with Crippen molar-refractivity contribution >= 4 is 6.08 Å². The number of ether oxygens (including phenoxy) is 2. The number of methoxy groups -OCH3 is 1. The Morgan fingerprint density at radius 2 is 1.90 bits per heavy atom. The van der Waals surface area contributed by atoms with Gasteiger partial charge in [-0.15, -0.1) is 0 Å². The summed E-state index contributed by atoms with van der Waals surface area (Å²) >= 11 is 0. The smallest absolute Gasteiger partial charge is 0.168 e. The van der Waals surface area contributed by atoms with Crippen LogP contribution in [0, 0.1) is 0 Å². The third-order valence-electron chi connectivity index (χ3n) is 2.79. The molecule has 0 radical (unpaired) electrons. The number of rotatable bonds is 6. The van der Waals surface area contributed by atoms with Gasteiger partial charge in [0.25, 0.3) is 0 Å². The van der Waals surface area contributed by atoms with Crippen LogP contribution in [-0.2, 0) is 6.61 Å². The number of para-hydroxylation sites is 1. The number of benzene rings is 2. The Morgan fingerprint density at radius 3 is 2.60 bits per heavy atom. The Labute approximate surface area is 118 Å². The molecular formula is C16H17NO3. The van der Waals surface area contributed by atoms with E-state index < -0.39 is 0 Å². The fourth-order valence-corrected chi connectivity index (χ4v) is 1.86. The van der Waals surface area contributed by atoms with Gasteiger partial charge in [-0.1, -0.05) is 42.5 Å². The van der Waals surface area contributed by atoms with Gasteiger partial charge >= 0.3 is 0 Å². The molecule has 0 saturated heterocycles. The SMILES string of the molecule is COc1c(/C=C/NO)cccc1OCc1ccccc1. The summed E-state index contributed by atoms with van der Waals surface area (Å²) in [5, 5.41) is 8.60. The van der Waals surface area contributed by atoms with Gasteiger partial charge in [0.15, 0.2) is 11.5 Å². The van der Waals surface area contributed by atoms with Crippen LogP contribution in [-0.4, -0.2) is 12.3 Å². The molecular weight excluding hydrogens is 254 g/mol. The predicted octanol–water partition coefficient (Wildman–Crippen LogP) is 3.22. The Morgan fingerprint density at radius 1 is 1.10 bits per heavy atom. The Hall–Kier alpha value is -2.46. The molecule has 4 heteroatoms. The molecule has 20 heavy (non-hydrogen) atoms. The zero-order chi connectivity index (χ0) is 14.2. The first kappa shape index (κ1) is 14.0. The Kier molecular flexibility index (Phi) is 5.03. The normalized spacial score (nSPS) is 10.5. The Bertz CT molecular complexity index is 567. The van der Waals surface area contributed by atoms with Crippen LogP contribution in [0.2, 0.25) is 0 Å². The lowest BCUT2D eigenvalue weighted by Gasteiger charge is -2.12. The van der Waals surface area contributed by atoms with Crippen molar-refractivity contribution in [2.24, 2.45) is 0 Å². The highest BCUT2D eigenvalue weighted by atomic mass is 16.5. The topological polar surface area (TPSA) is 50.7 Å². The third kappa shape index (κ3) is 3.52. The molecule has 0 aliphatic rings. The summed E-state index contributed by atoms with van der Waals surface area (Å²) in [6.07, 6.45) is 3.12. The first-order valence-electron chi connectivity index (χ1n) is 6.25. The van der Waals surface area contributed by atoms with Crippen molar-refractivity contribution in [3.05, 3.63) is 65.9 Å². The summed E-state index contributed by atoms with van der Waals surface area (Å²) in [6, 6.07) is 15.5. The summed E-state index contributed by atoms with van der Waals surface area (Å²) in [6.45, 7) is 0.475. The van der Waals surface area contributed by atoms with E-state index in [0.717, 1.165) is 11.1 Å². The lowest BCUT2D eigenvalue weighted by Crippen LogP contribution is -1.99. The first-order chi connectivity index (χ1) is 9.85. The van der Waals surface area contributed by atoms with Gasteiger partial charge in [-0.3, -0.25) is 10.7 Å². The quantitative estimate of drug-likeness (QED) is 0.792. The van der Waals surface area contributed by atoms with Crippen LogP contribution in [0.15, 0.2) is 54.7 Å². The van der Waals surface area contributed by atoms with Gasteiger partial charge in [0, 0.05) is 11.8 Å². The van der Waals surface area contributed by atoms with Gasteiger partial charge in [-0.25, -0.2) is 0 Å². The van der Waals surface area contributed by atoms with E-state index in [-0.39, 0.29) is 0 Å². The van der Waals surface area contributed by atoms with Crippen LogP contribution >= 0.6 is 0 Å². The van der Waals surface area contributed by atoms with Gasteiger partial charge in [0.05, 0.1) is 7.11 Å². The molecule has 0 aliphatic heterocycles. The van der Waals surface area contributed by atoms with E-state index in [4.69, 9.17) is 14.7 Å². The minimum atomic E-state index is 0.475. The first-order valence-corrected chi connectivity index (χ1v) is 6.25. The zero-order valence-corrected chi connectivity index (χ0v) is 11.2. The summed E-state index contributed by atoms with van der Waals surface area (Å²) in [7, 11) is 1.59. The molecule has 0 aromatic heterocycles. The van der Waals surface area contributed by atoms with Crippen molar-refractivity contribution in [1.82, 2.24) is 5.48 Å². The molecule has 2 N–H and O–H groups in total. The second kappa shape index (κ2) is 7.21. The van der Waals surface area contributed by atoms with E-state index in [0.29, 0.717) is 18.1 Å². The van der Waals surface area contributed by atoms with Gasteiger partial charge in [-0.05, 0) is 17.7 Å². The second-order valence-electron chi connectivity index (χ2n) is 4.12. The molecule has 0 unspecified atom stereocenters. The molecule has 0 heterocycles. The lowest BCUT2D eigenvalue weighted by molar-refractivity contribution is 0.215. The number of hydroxylamine groups is 1. The minimum absolute atomic E-state index is 0.475. The molecule has 0 aliphatic carbocycles. The molecule has 4 nitrogen and oxygen atoms in total. The largest absolute Gasteiger partial charge is 0.492 e. The van der Waals surface area contributed by atoms with Crippen LogP contribution in [0.25, 0.3) is 6.08 Å². The highest BCUT2D eigenvalue weighted by Gasteiger charge is 2.08. The van der Waals surface area contributed by atoms with E-state index >= 15 is 0 Å². The molecule has 2 rings (SSSR count). The lowest BCUT2D eigenvalue weighted by atomic mass is 10.2. The molecule has 2 aromatic carbocycles. The molecule has 0 atom stereocenters. The highest BCUT2D eigenvalue weighted by molar-refractivity contribution is 5.62. The molecule has 2 aromatic rings. The van der Waals surface area contributed by atoms with E-state index in [2.05, 4.69) is 0 Å². The fourth-order valence-electron chi connectivity index (χ4n) is 1.86. The van der Waals surface area contributed by atoms with Crippen LogP contribution in [0.3, 0.4) is 0 Å². The second-order valence-corrected chi connectivity index (χ2v) is 4.12. The van der Waals surface area contributed by atoms with Gasteiger partial charge < -0.3 is 9.47 Å². The van der Waals surface area contributed by atoms with Crippen molar-refractivity contribution in [1.29, 1.82) is 0 Å². The molecule has 0 bridgehead atoms. The summed E-state index contributed by atoms with van der Waals surface area (Å²) in [5.74, 6) is 1.30. The number of hydrogen-bond donors (Lipinski definition) is 2. The maximum absolute atomic E-state index is 8.60. The van der Waals surface area contributed by atoms with E-state index in [1.54, 1.807) is 13.2 Å². The van der Waals surface area contributed by atoms with Gasteiger partial charge in [0.1, 0.15) is 6.61 Å². The van der Waals surface area contributed by atoms with Crippen molar-refractivity contribution in [2.75, 3.05) is 7.11 Å². The van der Waals surface area contributed by atoms with Gasteiger partial charge in [0.2, 0.25) is 0 Å². The van der Waals surface area contributed by atoms with Crippen molar-refractivity contribution in [2.45, 2.75) is 6.61 Å². The van der Waals surface area contributed by atoms with Crippen molar-refractivity contribution in [3.8, 4) is 11.5 Å². The van der Waals surface area contributed by atoms with Crippen molar-refractivity contribution in [3.63, 3.8) is 0 Å². The maximum atomic E-state index is 8.60. The minimum Gasteiger partial charge on any atom is -0.492 e. The maximum Gasteiger partial charge on any atom is 0.168 e. The summed E-state index contributed by atoms with van der Waals surface area (Å²) in [4.78, 5) is 0. The van der Waals surface area contributed by atoms with E-state index in [1.807, 2.05) is 54.0 Å². The average molecular weight is 271 g/mol. The van der Waals surface area contributed by atoms with Crippen LogP contribution in [0.5, 0.6) is 11.5 Å². The van der Waals surface area contributed by atoms with E-state index in [9.17, 15) is 0 Å². The van der Waals surface area contributed by atoms with Gasteiger partial charge in [-0.2, -0.15) is 0 Å². The van der Waals surface area contributed by atoms with Crippen LogP contribution in [0.4, 0.5) is 0 Å². The molecule has 0 fully saturated rings. The Balaban J connectivity index is 2.17. The van der Waals surface area contributed by atoms with Crippen LogP contribution < -0.4 is 15.0 Å². The fraction of sp³-hybridized carbons (Fsp3) is 0.125. The monoisotopic (exact) mass is 271 g/mol. The summed E-state index contributed by atoms with van der Waals surface area (Å²) < 4.78 is 11.2. The standard InChI is InChI=1S/C16H17NO3/c1-19-16-14(10-11-17-18)8-5-9-15(16)20-12-13-6-3-2-4-7-13/h2-11,17-18H,12H2,1H3/b11-10+. The van der Waals surface area contributed by atoms with E-state index in [1.165, 1.54) is 6.20 Å². The van der Waals surface area contributed by atoms with Crippen molar-refractivity contribution < 1.29 is 14.7 Å². The molecule has 0 amide bonds. The summed E-state index contributed by atoms with van der Waals surface area (Å²) in [5.41, 5.74) is 3.88. The zero-order valence-electron chi connectivity index (χ0n) is 11.2. The predicted molar refractivity (Wildman–Crippen MR) is 77.7 cm³/mol. The number of nitrogens with one attached hydrogen (secondary N) is 1. The average Bonchev–Trinajstić information content (AvgIpc) is 2.51. The number of hydrogen-bond acceptors (Lipinski definition) is 4. The molecule has 0 spiro atoms. The highest BCUT2D eigenvalue weighted by Crippen LogP contribution is 2.32. The third-order valence-corrected chi connectivity index (χ3v) is 2.79. The molecule has 104 valence electrons. The molecule has 0 saturated carbocycles. The van der Waals surface area contributed by atoms with Crippen LogP contribution in [0.1, 0.15) is 11.1 Å².